The number of sulfonamides is 1. The second kappa shape index (κ2) is 9.86. The average molecular weight is 434 g/mol. The van der Waals surface area contributed by atoms with E-state index in [2.05, 4.69) is 9.46 Å². The molecule has 162 valence electrons. The second-order valence-electron chi connectivity index (χ2n) is 7.09. The van der Waals surface area contributed by atoms with Crippen molar-refractivity contribution in [2.45, 2.75) is 45.6 Å². The summed E-state index contributed by atoms with van der Waals surface area (Å²) in [5.41, 5.74) is 4.17. The minimum absolute atomic E-state index is 0.0221. The molecule has 2 aromatic carbocycles. The molecule has 30 heavy (non-hydrogen) atoms. The van der Waals surface area contributed by atoms with Crippen LogP contribution < -0.4 is 4.72 Å². The maximum atomic E-state index is 12.8. The van der Waals surface area contributed by atoms with Crippen LogP contribution in [0.4, 0.5) is 0 Å². The minimum atomic E-state index is -3.76. The van der Waals surface area contributed by atoms with Crippen LogP contribution in [0.2, 0.25) is 0 Å². The van der Waals surface area contributed by atoms with Gasteiger partial charge in [-0.2, -0.15) is 0 Å². The fourth-order valence-corrected chi connectivity index (χ4v) is 4.73. The number of carbonyl (C=O) groups excluding carboxylic acids is 2. The minimum Gasteiger partial charge on any atom is -0.465 e. The van der Waals surface area contributed by atoms with Crippen LogP contribution in [0.1, 0.15) is 44.6 Å². The van der Waals surface area contributed by atoms with E-state index in [0.717, 1.165) is 11.1 Å². The number of benzene rings is 2. The van der Waals surface area contributed by atoms with Gasteiger partial charge >= 0.3 is 11.9 Å². The highest BCUT2D eigenvalue weighted by atomic mass is 32.2. The fraction of sp³-hybridized carbons (Fsp3) is 0.364. The van der Waals surface area contributed by atoms with Gasteiger partial charge in [-0.3, -0.25) is 4.79 Å². The topological polar surface area (TPSA) is 98.8 Å². The first-order chi connectivity index (χ1) is 14.1. The summed E-state index contributed by atoms with van der Waals surface area (Å²) in [4.78, 5) is 23.8. The van der Waals surface area contributed by atoms with E-state index in [4.69, 9.17) is 4.74 Å². The summed E-state index contributed by atoms with van der Waals surface area (Å²) >= 11 is 0. The standard InChI is InChI=1S/C22H27NO6S/c1-14-11-15(2)17(4)21(16(14)3)30(26,27)23-10-9-20(24)29-13-18-7-6-8-19(12-18)22(25)28-5/h6-8,11-12,23H,9-10,13H2,1-5H3. The van der Waals surface area contributed by atoms with Crippen molar-refractivity contribution in [3.8, 4) is 0 Å². The third-order valence-electron chi connectivity index (χ3n) is 4.94. The van der Waals surface area contributed by atoms with Crippen molar-refractivity contribution in [1.82, 2.24) is 4.72 Å². The maximum Gasteiger partial charge on any atom is 0.337 e. The molecule has 0 aliphatic heterocycles. The van der Waals surface area contributed by atoms with Gasteiger partial charge in [0, 0.05) is 6.54 Å². The van der Waals surface area contributed by atoms with Gasteiger partial charge in [0.2, 0.25) is 10.0 Å². The Morgan fingerprint density at radius 2 is 1.63 bits per heavy atom. The van der Waals surface area contributed by atoms with Crippen LogP contribution in [-0.2, 0) is 30.9 Å². The fourth-order valence-electron chi connectivity index (χ4n) is 3.09. The van der Waals surface area contributed by atoms with Crippen molar-refractivity contribution in [3.05, 3.63) is 63.7 Å². The molecular formula is C22H27NO6S. The highest BCUT2D eigenvalue weighted by Gasteiger charge is 2.22. The Labute approximate surface area is 177 Å². The van der Waals surface area contributed by atoms with Crippen molar-refractivity contribution in [2.24, 2.45) is 0 Å². The molecule has 0 aliphatic carbocycles. The Balaban J connectivity index is 1.94. The largest absolute Gasteiger partial charge is 0.465 e. The number of rotatable bonds is 8. The number of ether oxygens (including phenoxy) is 2. The molecule has 0 saturated heterocycles. The Bertz CT molecular complexity index is 1030. The smallest absolute Gasteiger partial charge is 0.337 e. The van der Waals surface area contributed by atoms with Crippen LogP contribution in [0.15, 0.2) is 35.2 Å². The van der Waals surface area contributed by atoms with Crippen LogP contribution in [0, 0.1) is 27.7 Å². The van der Waals surface area contributed by atoms with Gasteiger partial charge < -0.3 is 9.47 Å². The SMILES string of the molecule is COC(=O)c1cccc(COC(=O)CCNS(=O)(=O)c2c(C)c(C)cc(C)c2C)c1. The molecule has 0 fully saturated rings. The highest BCUT2D eigenvalue weighted by Crippen LogP contribution is 2.25. The zero-order valence-electron chi connectivity index (χ0n) is 17.9. The zero-order valence-corrected chi connectivity index (χ0v) is 18.7. The van der Waals surface area contributed by atoms with Gasteiger partial charge in [-0.25, -0.2) is 17.9 Å². The van der Waals surface area contributed by atoms with Crippen molar-refractivity contribution < 1.29 is 27.5 Å². The van der Waals surface area contributed by atoms with Crippen LogP contribution >= 0.6 is 0 Å². The molecule has 0 amide bonds. The summed E-state index contributed by atoms with van der Waals surface area (Å²) in [6.45, 7) is 7.18. The van der Waals surface area contributed by atoms with Crippen molar-refractivity contribution in [3.63, 3.8) is 0 Å². The lowest BCUT2D eigenvalue weighted by Gasteiger charge is -2.16. The highest BCUT2D eigenvalue weighted by molar-refractivity contribution is 7.89. The monoisotopic (exact) mass is 433 g/mol. The number of nitrogens with one attached hydrogen (secondary N) is 1. The van der Waals surface area contributed by atoms with Crippen LogP contribution in [-0.4, -0.2) is 34.0 Å². The van der Waals surface area contributed by atoms with E-state index in [-0.39, 0.29) is 24.5 Å². The normalized spacial score (nSPS) is 11.2. The predicted molar refractivity (Wildman–Crippen MR) is 113 cm³/mol. The van der Waals surface area contributed by atoms with Crippen LogP contribution in [0.25, 0.3) is 0 Å². The number of hydrogen-bond acceptors (Lipinski definition) is 6. The molecule has 0 radical (unpaired) electrons. The molecular weight excluding hydrogens is 406 g/mol. The number of carbonyl (C=O) groups is 2. The van der Waals surface area contributed by atoms with E-state index < -0.39 is 22.0 Å². The molecule has 8 heteroatoms. The lowest BCUT2D eigenvalue weighted by Crippen LogP contribution is -2.28. The summed E-state index contributed by atoms with van der Waals surface area (Å²) in [5, 5.41) is 0. The Morgan fingerprint density at radius 3 is 2.23 bits per heavy atom. The first-order valence-electron chi connectivity index (χ1n) is 9.46. The molecule has 0 aliphatic rings. The molecule has 0 atom stereocenters. The van der Waals surface area contributed by atoms with Gasteiger partial charge in [0.25, 0.3) is 0 Å². The average Bonchev–Trinajstić information content (AvgIpc) is 2.70. The summed E-state index contributed by atoms with van der Waals surface area (Å²) in [6, 6.07) is 8.51. The predicted octanol–water partition coefficient (Wildman–Crippen LogP) is 3.12. The molecule has 0 saturated carbocycles. The molecule has 7 nitrogen and oxygen atoms in total. The summed E-state index contributed by atoms with van der Waals surface area (Å²) in [7, 11) is -2.47. The molecule has 1 N–H and O–H groups in total. The molecule has 2 aromatic rings. The molecule has 0 heterocycles. The lowest BCUT2D eigenvalue weighted by atomic mass is 10.0. The van der Waals surface area contributed by atoms with Crippen LogP contribution in [0.3, 0.4) is 0 Å². The molecule has 0 spiro atoms. The van der Waals surface area contributed by atoms with Crippen LogP contribution in [0.5, 0.6) is 0 Å². The van der Waals surface area contributed by atoms with Crippen molar-refractivity contribution >= 4 is 22.0 Å². The second-order valence-corrected chi connectivity index (χ2v) is 8.79. The number of hydrogen-bond donors (Lipinski definition) is 1. The molecule has 0 unspecified atom stereocenters. The maximum absolute atomic E-state index is 12.8. The van der Waals surface area contributed by atoms with Gasteiger partial charge in [-0.1, -0.05) is 18.2 Å². The van der Waals surface area contributed by atoms with E-state index in [1.165, 1.54) is 7.11 Å². The number of aryl methyl sites for hydroxylation is 2. The third-order valence-corrected chi connectivity index (χ3v) is 6.67. The summed E-state index contributed by atoms with van der Waals surface area (Å²) in [5.74, 6) is -1.02. The van der Waals surface area contributed by atoms with Gasteiger partial charge in [0.1, 0.15) is 6.61 Å². The van der Waals surface area contributed by atoms with E-state index in [1.807, 2.05) is 19.9 Å². The first kappa shape index (κ1) is 23.6. The first-order valence-corrected chi connectivity index (χ1v) is 10.9. The summed E-state index contributed by atoms with van der Waals surface area (Å²) in [6.07, 6.45) is -0.112. The van der Waals surface area contributed by atoms with Gasteiger partial charge in [0.15, 0.2) is 0 Å². The third kappa shape index (κ3) is 5.67. The zero-order chi connectivity index (χ0) is 22.5. The quantitative estimate of drug-likeness (QED) is 0.642. The Hall–Kier alpha value is -2.71. The van der Waals surface area contributed by atoms with Gasteiger partial charge in [-0.15, -0.1) is 0 Å². The Kier molecular flexibility index (Phi) is 7.75. The van der Waals surface area contributed by atoms with E-state index >= 15 is 0 Å². The van der Waals surface area contributed by atoms with E-state index in [1.54, 1.807) is 38.1 Å². The summed E-state index contributed by atoms with van der Waals surface area (Å²) < 4.78 is 37.8. The van der Waals surface area contributed by atoms with Crippen molar-refractivity contribution in [1.29, 1.82) is 0 Å². The van der Waals surface area contributed by atoms with E-state index in [0.29, 0.717) is 22.3 Å². The molecule has 0 bridgehead atoms. The number of esters is 2. The lowest BCUT2D eigenvalue weighted by molar-refractivity contribution is -0.144. The van der Waals surface area contributed by atoms with Gasteiger partial charge in [0.05, 0.1) is 24.0 Å². The Morgan fingerprint density at radius 1 is 1.00 bits per heavy atom. The molecule has 0 aromatic heterocycles. The van der Waals surface area contributed by atoms with E-state index in [9.17, 15) is 18.0 Å². The van der Waals surface area contributed by atoms with Gasteiger partial charge in [-0.05, 0) is 67.6 Å². The van der Waals surface area contributed by atoms with Crippen molar-refractivity contribution in [2.75, 3.05) is 13.7 Å². The molecule has 2 rings (SSSR count). The number of methoxy groups -OCH3 is 1.